The van der Waals surface area contributed by atoms with Crippen LogP contribution in [0, 0.1) is 0 Å². The van der Waals surface area contributed by atoms with Gasteiger partial charge in [0.1, 0.15) is 0 Å². The summed E-state index contributed by atoms with van der Waals surface area (Å²) in [4.78, 5) is 0. The van der Waals surface area contributed by atoms with E-state index in [-0.39, 0.29) is 5.54 Å². The molecule has 0 spiro atoms. The van der Waals surface area contributed by atoms with Gasteiger partial charge in [-0.2, -0.15) is 0 Å². The van der Waals surface area contributed by atoms with E-state index in [9.17, 15) is 0 Å². The SMILES string of the molecule is N[C@@]1(c2ccccc2)CCNC1. The maximum absolute atomic E-state index is 6.22. The van der Waals surface area contributed by atoms with Gasteiger partial charge >= 0.3 is 0 Å². The molecule has 1 aliphatic rings. The fraction of sp³-hybridized carbons (Fsp3) is 0.400. The van der Waals surface area contributed by atoms with E-state index in [0.717, 1.165) is 19.5 Å². The Kier molecular flexibility index (Phi) is 1.87. The molecule has 2 heteroatoms. The predicted molar refractivity (Wildman–Crippen MR) is 49.8 cm³/mol. The molecule has 1 aromatic rings. The van der Waals surface area contributed by atoms with E-state index in [0.29, 0.717) is 0 Å². The Balaban J connectivity index is 2.29. The first kappa shape index (κ1) is 7.77. The number of hydrogen-bond acceptors (Lipinski definition) is 2. The quantitative estimate of drug-likeness (QED) is 0.642. The van der Waals surface area contributed by atoms with E-state index < -0.39 is 0 Å². The summed E-state index contributed by atoms with van der Waals surface area (Å²) in [6, 6.07) is 10.3. The third kappa shape index (κ3) is 1.24. The zero-order valence-electron chi connectivity index (χ0n) is 7.09. The molecule has 1 aromatic carbocycles. The van der Waals surface area contributed by atoms with Crippen LogP contribution in [-0.4, -0.2) is 13.1 Å². The van der Waals surface area contributed by atoms with Gasteiger partial charge in [-0.25, -0.2) is 0 Å². The Morgan fingerprint density at radius 2 is 2.00 bits per heavy atom. The monoisotopic (exact) mass is 162 g/mol. The molecular weight excluding hydrogens is 148 g/mol. The number of benzene rings is 1. The van der Waals surface area contributed by atoms with Gasteiger partial charge in [-0.3, -0.25) is 0 Å². The van der Waals surface area contributed by atoms with Crippen molar-refractivity contribution in [1.29, 1.82) is 0 Å². The van der Waals surface area contributed by atoms with Crippen molar-refractivity contribution >= 4 is 0 Å². The molecule has 0 aromatic heterocycles. The molecule has 0 radical (unpaired) electrons. The van der Waals surface area contributed by atoms with Crippen LogP contribution in [0.2, 0.25) is 0 Å². The minimum Gasteiger partial charge on any atom is -0.320 e. The molecule has 1 atom stereocenters. The second-order valence-corrected chi connectivity index (χ2v) is 3.45. The number of nitrogens with two attached hydrogens (primary N) is 1. The largest absolute Gasteiger partial charge is 0.320 e. The van der Waals surface area contributed by atoms with E-state index in [1.165, 1.54) is 5.56 Å². The van der Waals surface area contributed by atoms with Crippen molar-refractivity contribution < 1.29 is 0 Å². The van der Waals surface area contributed by atoms with Gasteiger partial charge in [-0.05, 0) is 18.5 Å². The van der Waals surface area contributed by atoms with E-state index in [2.05, 4.69) is 17.4 Å². The molecule has 1 saturated heterocycles. The van der Waals surface area contributed by atoms with Crippen LogP contribution in [-0.2, 0) is 5.54 Å². The fourth-order valence-electron chi connectivity index (χ4n) is 1.73. The topological polar surface area (TPSA) is 38.0 Å². The predicted octanol–water partition coefficient (Wildman–Crippen LogP) is 0.834. The Morgan fingerprint density at radius 3 is 2.58 bits per heavy atom. The summed E-state index contributed by atoms with van der Waals surface area (Å²) in [6.45, 7) is 1.93. The molecule has 2 rings (SSSR count). The summed E-state index contributed by atoms with van der Waals surface area (Å²) in [5, 5.41) is 3.29. The Morgan fingerprint density at radius 1 is 1.25 bits per heavy atom. The van der Waals surface area contributed by atoms with E-state index in [1.807, 2.05) is 18.2 Å². The third-order valence-corrected chi connectivity index (χ3v) is 2.54. The number of nitrogens with one attached hydrogen (secondary N) is 1. The summed E-state index contributed by atoms with van der Waals surface area (Å²) in [7, 11) is 0. The van der Waals surface area contributed by atoms with Crippen molar-refractivity contribution in [1.82, 2.24) is 5.32 Å². The zero-order valence-corrected chi connectivity index (χ0v) is 7.09. The van der Waals surface area contributed by atoms with Gasteiger partial charge in [0, 0.05) is 6.54 Å². The lowest BCUT2D eigenvalue weighted by atomic mass is 9.90. The molecule has 1 aliphatic heterocycles. The van der Waals surface area contributed by atoms with Crippen molar-refractivity contribution in [2.75, 3.05) is 13.1 Å². The highest BCUT2D eigenvalue weighted by Crippen LogP contribution is 2.23. The van der Waals surface area contributed by atoms with Crippen LogP contribution in [0.3, 0.4) is 0 Å². The summed E-state index contributed by atoms with van der Waals surface area (Å²) >= 11 is 0. The molecule has 0 bridgehead atoms. The fourth-order valence-corrected chi connectivity index (χ4v) is 1.73. The third-order valence-electron chi connectivity index (χ3n) is 2.54. The first-order valence-corrected chi connectivity index (χ1v) is 4.36. The lowest BCUT2D eigenvalue weighted by molar-refractivity contribution is 0.494. The van der Waals surface area contributed by atoms with E-state index >= 15 is 0 Å². The first-order chi connectivity index (χ1) is 5.81. The van der Waals surface area contributed by atoms with Gasteiger partial charge in [-0.15, -0.1) is 0 Å². The Labute approximate surface area is 72.8 Å². The molecular formula is C10H14N2. The van der Waals surface area contributed by atoms with Crippen molar-refractivity contribution in [2.24, 2.45) is 5.73 Å². The van der Waals surface area contributed by atoms with Crippen LogP contribution < -0.4 is 11.1 Å². The van der Waals surface area contributed by atoms with Crippen LogP contribution in [0.1, 0.15) is 12.0 Å². The summed E-state index contributed by atoms with van der Waals surface area (Å²) < 4.78 is 0. The van der Waals surface area contributed by atoms with Gasteiger partial charge < -0.3 is 11.1 Å². The lowest BCUT2D eigenvalue weighted by Crippen LogP contribution is -2.38. The van der Waals surface area contributed by atoms with Crippen molar-refractivity contribution in [3.05, 3.63) is 35.9 Å². The highest BCUT2D eigenvalue weighted by molar-refractivity contribution is 5.25. The molecule has 1 heterocycles. The molecule has 2 nitrogen and oxygen atoms in total. The molecule has 1 fully saturated rings. The van der Waals surface area contributed by atoms with Crippen LogP contribution in [0.5, 0.6) is 0 Å². The smallest absolute Gasteiger partial charge is 0.0548 e. The molecule has 0 aliphatic carbocycles. The van der Waals surface area contributed by atoms with Crippen molar-refractivity contribution in [2.45, 2.75) is 12.0 Å². The summed E-state index contributed by atoms with van der Waals surface area (Å²) in [5.41, 5.74) is 7.34. The summed E-state index contributed by atoms with van der Waals surface area (Å²) in [5.74, 6) is 0. The van der Waals surface area contributed by atoms with Crippen molar-refractivity contribution in [3.8, 4) is 0 Å². The van der Waals surface area contributed by atoms with Crippen LogP contribution in [0.25, 0.3) is 0 Å². The zero-order chi connectivity index (χ0) is 8.44. The number of rotatable bonds is 1. The lowest BCUT2D eigenvalue weighted by Gasteiger charge is -2.22. The van der Waals surface area contributed by atoms with Crippen molar-refractivity contribution in [3.63, 3.8) is 0 Å². The second-order valence-electron chi connectivity index (χ2n) is 3.45. The highest BCUT2D eigenvalue weighted by Gasteiger charge is 2.30. The van der Waals surface area contributed by atoms with Crippen LogP contribution in [0.4, 0.5) is 0 Å². The molecule has 3 N–H and O–H groups in total. The standard InChI is InChI=1S/C10H14N2/c11-10(6-7-12-8-10)9-4-2-1-3-5-9/h1-5,12H,6-8,11H2/t10-/m0/s1. The first-order valence-electron chi connectivity index (χ1n) is 4.36. The maximum atomic E-state index is 6.22. The van der Waals surface area contributed by atoms with Gasteiger partial charge in [0.05, 0.1) is 5.54 Å². The molecule has 12 heavy (non-hydrogen) atoms. The Hall–Kier alpha value is -0.860. The van der Waals surface area contributed by atoms with Gasteiger partial charge in [0.2, 0.25) is 0 Å². The maximum Gasteiger partial charge on any atom is 0.0548 e. The molecule has 64 valence electrons. The van der Waals surface area contributed by atoms with Gasteiger partial charge in [-0.1, -0.05) is 30.3 Å². The Bertz CT molecular complexity index is 250. The number of hydrogen-bond donors (Lipinski definition) is 2. The van der Waals surface area contributed by atoms with Crippen LogP contribution in [0.15, 0.2) is 30.3 Å². The molecule has 0 unspecified atom stereocenters. The van der Waals surface area contributed by atoms with Gasteiger partial charge in [0.15, 0.2) is 0 Å². The average Bonchev–Trinajstić information content (AvgIpc) is 2.55. The molecule has 0 amide bonds. The highest BCUT2D eigenvalue weighted by atomic mass is 15.0. The van der Waals surface area contributed by atoms with Crippen LogP contribution >= 0.6 is 0 Å². The average molecular weight is 162 g/mol. The summed E-state index contributed by atoms with van der Waals surface area (Å²) in [6.07, 6.45) is 1.04. The second kappa shape index (κ2) is 2.88. The van der Waals surface area contributed by atoms with Gasteiger partial charge in [0.25, 0.3) is 0 Å². The van der Waals surface area contributed by atoms with E-state index in [4.69, 9.17) is 5.73 Å². The molecule has 0 saturated carbocycles. The van der Waals surface area contributed by atoms with E-state index in [1.54, 1.807) is 0 Å². The minimum atomic E-state index is -0.124. The minimum absolute atomic E-state index is 0.124. The normalized spacial score (nSPS) is 29.1.